The molecule has 2 rings (SSSR count). The summed E-state index contributed by atoms with van der Waals surface area (Å²) in [5.41, 5.74) is 2.41. The van der Waals surface area contributed by atoms with Crippen molar-refractivity contribution in [2.75, 3.05) is 19.5 Å². The molecule has 0 saturated heterocycles. The standard InChI is InChI=1S/C18H20N2O3/c1-22-16-10-8-14(9-11-16)17(20-23-2)12-13-18(21)19-15-6-4-3-5-7-15/h3-11H,12-13H2,1-2H3,(H,19,21)/b20-17+. The Balaban J connectivity index is 1.96. The van der Waals surface area contributed by atoms with E-state index in [2.05, 4.69) is 10.5 Å². The number of benzene rings is 2. The van der Waals surface area contributed by atoms with Gasteiger partial charge in [-0.05, 0) is 42.0 Å². The topological polar surface area (TPSA) is 59.9 Å². The van der Waals surface area contributed by atoms with Crippen molar-refractivity contribution in [1.29, 1.82) is 0 Å². The van der Waals surface area contributed by atoms with E-state index in [4.69, 9.17) is 9.57 Å². The molecule has 0 aromatic heterocycles. The van der Waals surface area contributed by atoms with Crippen LogP contribution in [0.3, 0.4) is 0 Å². The molecule has 23 heavy (non-hydrogen) atoms. The van der Waals surface area contributed by atoms with Gasteiger partial charge in [0.2, 0.25) is 5.91 Å². The summed E-state index contributed by atoms with van der Waals surface area (Å²) in [4.78, 5) is 16.9. The van der Waals surface area contributed by atoms with Crippen LogP contribution in [-0.4, -0.2) is 25.8 Å². The summed E-state index contributed by atoms with van der Waals surface area (Å²) in [6.07, 6.45) is 0.807. The molecule has 5 nitrogen and oxygen atoms in total. The third kappa shape index (κ3) is 5.14. The zero-order valence-electron chi connectivity index (χ0n) is 13.3. The number of carbonyl (C=O) groups is 1. The maximum atomic E-state index is 12.0. The fourth-order valence-corrected chi connectivity index (χ4v) is 2.11. The average molecular weight is 312 g/mol. The van der Waals surface area contributed by atoms with Crippen LogP contribution in [0.2, 0.25) is 0 Å². The van der Waals surface area contributed by atoms with Crippen LogP contribution in [0.1, 0.15) is 18.4 Å². The Morgan fingerprint density at radius 3 is 2.30 bits per heavy atom. The number of ether oxygens (including phenoxy) is 1. The van der Waals surface area contributed by atoms with E-state index in [0.717, 1.165) is 22.7 Å². The third-order valence-corrected chi connectivity index (χ3v) is 3.27. The molecule has 0 aliphatic rings. The highest BCUT2D eigenvalue weighted by Gasteiger charge is 2.09. The highest BCUT2D eigenvalue weighted by molar-refractivity contribution is 6.03. The predicted molar refractivity (Wildman–Crippen MR) is 90.8 cm³/mol. The van der Waals surface area contributed by atoms with E-state index >= 15 is 0 Å². The Kier molecular flexibility index (Phi) is 6.17. The van der Waals surface area contributed by atoms with Crippen LogP contribution in [0.25, 0.3) is 0 Å². The molecule has 0 atom stereocenters. The van der Waals surface area contributed by atoms with Gasteiger partial charge in [0.05, 0.1) is 12.8 Å². The smallest absolute Gasteiger partial charge is 0.224 e. The quantitative estimate of drug-likeness (QED) is 0.629. The van der Waals surface area contributed by atoms with Crippen molar-refractivity contribution in [3.8, 4) is 5.75 Å². The molecule has 0 radical (unpaired) electrons. The Morgan fingerprint density at radius 1 is 1.00 bits per heavy atom. The van der Waals surface area contributed by atoms with Gasteiger partial charge in [0, 0.05) is 18.5 Å². The van der Waals surface area contributed by atoms with Crippen molar-refractivity contribution >= 4 is 17.3 Å². The van der Waals surface area contributed by atoms with E-state index in [1.54, 1.807) is 7.11 Å². The second-order valence-corrected chi connectivity index (χ2v) is 4.86. The second kappa shape index (κ2) is 8.58. The molecule has 2 aromatic carbocycles. The first-order valence-electron chi connectivity index (χ1n) is 7.32. The molecular weight excluding hydrogens is 292 g/mol. The Bertz CT molecular complexity index is 652. The number of oxime groups is 1. The normalized spacial score (nSPS) is 11.0. The van der Waals surface area contributed by atoms with Gasteiger partial charge in [-0.2, -0.15) is 0 Å². The molecule has 1 amide bonds. The van der Waals surface area contributed by atoms with E-state index in [-0.39, 0.29) is 5.91 Å². The first-order valence-corrected chi connectivity index (χ1v) is 7.32. The highest BCUT2D eigenvalue weighted by Crippen LogP contribution is 2.15. The lowest BCUT2D eigenvalue weighted by molar-refractivity contribution is -0.116. The number of hydrogen-bond acceptors (Lipinski definition) is 4. The number of amides is 1. The fourth-order valence-electron chi connectivity index (χ4n) is 2.11. The lowest BCUT2D eigenvalue weighted by atomic mass is 10.1. The van der Waals surface area contributed by atoms with Crippen LogP contribution in [0.15, 0.2) is 59.8 Å². The molecule has 0 saturated carbocycles. The first-order chi connectivity index (χ1) is 11.2. The minimum absolute atomic E-state index is 0.0616. The Morgan fingerprint density at radius 2 is 1.70 bits per heavy atom. The molecule has 120 valence electrons. The van der Waals surface area contributed by atoms with Crippen molar-refractivity contribution in [2.45, 2.75) is 12.8 Å². The van der Waals surface area contributed by atoms with E-state index < -0.39 is 0 Å². The summed E-state index contributed by atoms with van der Waals surface area (Å²) in [6, 6.07) is 16.9. The fraction of sp³-hybridized carbons (Fsp3) is 0.222. The van der Waals surface area contributed by atoms with Crippen LogP contribution >= 0.6 is 0 Å². The van der Waals surface area contributed by atoms with E-state index in [0.29, 0.717) is 12.8 Å². The molecule has 0 fully saturated rings. The van der Waals surface area contributed by atoms with Gasteiger partial charge < -0.3 is 14.9 Å². The van der Waals surface area contributed by atoms with Crippen molar-refractivity contribution in [1.82, 2.24) is 0 Å². The number of anilines is 1. The van der Waals surface area contributed by atoms with Crippen LogP contribution in [0.4, 0.5) is 5.69 Å². The number of carbonyl (C=O) groups excluding carboxylic acids is 1. The number of nitrogens with one attached hydrogen (secondary N) is 1. The maximum absolute atomic E-state index is 12.0. The predicted octanol–water partition coefficient (Wildman–Crippen LogP) is 3.46. The number of methoxy groups -OCH3 is 1. The van der Waals surface area contributed by atoms with Crippen molar-refractivity contribution in [3.63, 3.8) is 0 Å². The van der Waals surface area contributed by atoms with Crippen molar-refractivity contribution in [2.24, 2.45) is 5.16 Å². The van der Waals surface area contributed by atoms with Crippen LogP contribution in [0.5, 0.6) is 5.75 Å². The lowest BCUT2D eigenvalue weighted by Crippen LogP contribution is -2.14. The number of hydrogen-bond donors (Lipinski definition) is 1. The summed E-state index contributed by atoms with van der Waals surface area (Å²) in [7, 11) is 3.11. The van der Waals surface area contributed by atoms with E-state index in [9.17, 15) is 4.79 Å². The summed E-state index contributed by atoms with van der Waals surface area (Å²) < 4.78 is 5.14. The highest BCUT2D eigenvalue weighted by atomic mass is 16.6. The van der Waals surface area contributed by atoms with Gasteiger partial charge in [0.25, 0.3) is 0 Å². The summed E-state index contributed by atoms with van der Waals surface area (Å²) in [5, 5.41) is 6.88. The largest absolute Gasteiger partial charge is 0.497 e. The minimum Gasteiger partial charge on any atom is -0.497 e. The Hall–Kier alpha value is -2.82. The van der Waals surface area contributed by atoms with Crippen molar-refractivity contribution in [3.05, 3.63) is 60.2 Å². The second-order valence-electron chi connectivity index (χ2n) is 4.86. The maximum Gasteiger partial charge on any atom is 0.224 e. The van der Waals surface area contributed by atoms with Gasteiger partial charge in [0.15, 0.2) is 0 Å². The number of nitrogens with zero attached hydrogens (tertiary/aromatic N) is 1. The molecule has 1 N–H and O–H groups in total. The van der Waals surface area contributed by atoms with Crippen LogP contribution in [0, 0.1) is 0 Å². The van der Waals surface area contributed by atoms with Gasteiger partial charge in [-0.25, -0.2) is 0 Å². The molecule has 0 bridgehead atoms. The summed E-state index contributed by atoms with van der Waals surface area (Å²) in [5.74, 6) is 0.709. The lowest BCUT2D eigenvalue weighted by Gasteiger charge is -2.08. The molecule has 0 heterocycles. The van der Waals surface area contributed by atoms with Gasteiger partial charge in [0.1, 0.15) is 12.9 Å². The Labute approximate surface area is 135 Å². The van der Waals surface area contributed by atoms with Gasteiger partial charge in [-0.1, -0.05) is 23.4 Å². The van der Waals surface area contributed by atoms with Gasteiger partial charge >= 0.3 is 0 Å². The molecular formula is C18H20N2O3. The summed E-state index contributed by atoms with van der Waals surface area (Å²) >= 11 is 0. The van der Waals surface area contributed by atoms with E-state index in [1.807, 2.05) is 54.6 Å². The summed E-state index contributed by atoms with van der Waals surface area (Å²) in [6.45, 7) is 0. The number of rotatable bonds is 7. The monoisotopic (exact) mass is 312 g/mol. The first kappa shape index (κ1) is 16.5. The molecule has 2 aromatic rings. The van der Waals surface area contributed by atoms with E-state index in [1.165, 1.54) is 7.11 Å². The van der Waals surface area contributed by atoms with Crippen LogP contribution < -0.4 is 10.1 Å². The van der Waals surface area contributed by atoms with Crippen molar-refractivity contribution < 1.29 is 14.4 Å². The SMILES string of the molecule is CO/N=C(\CCC(=O)Nc1ccccc1)c1ccc(OC)cc1. The number of para-hydroxylation sites is 1. The minimum atomic E-state index is -0.0616. The molecule has 0 unspecified atom stereocenters. The zero-order chi connectivity index (χ0) is 16.5. The van der Waals surface area contributed by atoms with Gasteiger partial charge in [-0.3, -0.25) is 4.79 Å². The molecule has 0 aliphatic carbocycles. The van der Waals surface area contributed by atoms with Gasteiger partial charge in [-0.15, -0.1) is 0 Å². The third-order valence-electron chi connectivity index (χ3n) is 3.27. The van der Waals surface area contributed by atoms with Crippen LogP contribution in [-0.2, 0) is 9.63 Å². The zero-order valence-corrected chi connectivity index (χ0v) is 13.3. The molecule has 0 aliphatic heterocycles. The molecule has 0 spiro atoms. The molecule has 5 heteroatoms. The average Bonchev–Trinajstić information content (AvgIpc) is 2.59.